The summed E-state index contributed by atoms with van der Waals surface area (Å²) in [6, 6.07) is 0. The van der Waals surface area contributed by atoms with E-state index in [9.17, 15) is 18.9 Å². The van der Waals surface area contributed by atoms with Crippen molar-refractivity contribution in [2.45, 2.75) is 6.43 Å². The smallest absolute Gasteiger partial charge is 0.376 e. The first kappa shape index (κ1) is 11.8. The molecule has 0 bridgehead atoms. The summed E-state index contributed by atoms with van der Waals surface area (Å²) in [5.74, 6) is -1.17. The standard InChI is InChI=1S/C7H5BrF2N2O3/c1-15-5-3(8)2-11-7(12(13)14)4(5)6(9)10/h2,6H,1H3. The third-order valence-electron chi connectivity index (χ3n) is 1.60. The van der Waals surface area contributed by atoms with Crippen LogP contribution in [0.5, 0.6) is 5.75 Å². The number of nitrogens with zero attached hydrogens (tertiary/aromatic N) is 2. The average Bonchev–Trinajstić information content (AvgIpc) is 2.16. The lowest BCUT2D eigenvalue weighted by atomic mass is 10.2. The molecule has 0 saturated carbocycles. The molecule has 0 unspecified atom stereocenters. The molecule has 0 amide bonds. The fourth-order valence-electron chi connectivity index (χ4n) is 1.03. The summed E-state index contributed by atoms with van der Waals surface area (Å²) in [4.78, 5) is 12.8. The molecule has 0 spiro atoms. The highest BCUT2D eigenvalue weighted by atomic mass is 79.9. The van der Waals surface area contributed by atoms with Crippen LogP contribution < -0.4 is 4.74 Å². The summed E-state index contributed by atoms with van der Waals surface area (Å²) in [7, 11) is 1.15. The number of hydrogen-bond donors (Lipinski definition) is 0. The van der Waals surface area contributed by atoms with Crippen LogP contribution in [0.3, 0.4) is 0 Å². The van der Waals surface area contributed by atoms with E-state index in [4.69, 9.17) is 0 Å². The second-order valence-corrected chi connectivity index (χ2v) is 3.29. The van der Waals surface area contributed by atoms with Crippen molar-refractivity contribution in [3.63, 3.8) is 0 Å². The summed E-state index contributed by atoms with van der Waals surface area (Å²) < 4.78 is 29.9. The Morgan fingerprint density at radius 1 is 1.67 bits per heavy atom. The van der Waals surface area contributed by atoms with Gasteiger partial charge in [0.1, 0.15) is 4.47 Å². The van der Waals surface area contributed by atoms with Crippen LogP contribution in [-0.2, 0) is 0 Å². The highest BCUT2D eigenvalue weighted by Gasteiger charge is 2.29. The van der Waals surface area contributed by atoms with E-state index in [1.807, 2.05) is 0 Å². The Bertz CT molecular complexity index is 400. The molecule has 82 valence electrons. The maximum absolute atomic E-state index is 12.6. The number of aromatic nitrogens is 1. The van der Waals surface area contributed by atoms with E-state index in [1.165, 1.54) is 0 Å². The molecule has 1 aromatic heterocycles. The van der Waals surface area contributed by atoms with Gasteiger partial charge in [0, 0.05) is 0 Å². The minimum atomic E-state index is -3.02. The van der Waals surface area contributed by atoms with Crippen LogP contribution in [0.4, 0.5) is 14.6 Å². The third kappa shape index (κ3) is 2.20. The van der Waals surface area contributed by atoms with Gasteiger partial charge in [0.25, 0.3) is 6.43 Å². The van der Waals surface area contributed by atoms with E-state index >= 15 is 0 Å². The van der Waals surface area contributed by atoms with Crippen LogP contribution in [0.25, 0.3) is 0 Å². The number of hydrogen-bond acceptors (Lipinski definition) is 4. The van der Waals surface area contributed by atoms with Crippen molar-refractivity contribution in [2.24, 2.45) is 0 Å². The molecule has 0 atom stereocenters. The van der Waals surface area contributed by atoms with Crippen LogP contribution in [0, 0.1) is 10.1 Å². The maximum atomic E-state index is 12.6. The zero-order chi connectivity index (χ0) is 11.6. The van der Waals surface area contributed by atoms with Crippen molar-refractivity contribution in [3.05, 3.63) is 26.3 Å². The largest absolute Gasteiger partial charge is 0.495 e. The molecule has 1 rings (SSSR count). The molecule has 15 heavy (non-hydrogen) atoms. The predicted molar refractivity (Wildman–Crippen MR) is 50.1 cm³/mol. The van der Waals surface area contributed by atoms with Crippen molar-refractivity contribution in [1.29, 1.82) is 0 Å². The molecule has 5 nitrogen and oxygen atoms in total. The van der Waals surface area contributed by atoms with Gasteiger partial charge in [-0.05, 0) is 25.8 Å². The van der Waals surface area contributed by atoms with Crippen LogP contribution in [0.15, 0.2) is 10.7 Å². The predicted octanol–water partition coefficient (Wildman–Crippen LogP) is 2.70. The summed E-state index contributed by atoms with van der Waals surface area (Å²) in [6.07, 6.45) is -1.98. The lowest BCUT2D eigenvalue weighted by molar-refractivity contribution is -0.391. The Kier molecular flexibility index (Phi) is 3.51. The van der Waals surface area contributed by atoms with Gasteiger partial charge in [0.15, 0.2) is 17.5 Å². The van der Waals surface area contributed by atoms with E-state index in [0.29, 0.717) is 0 Å². The van der Waals surface area contributed by atoms with Gasteiger partial charge in [-0.15, -0.1) is 0 Å². The fraction of sp³-hybridized carbons (Fsp3) is 0.286. The Morgan fingerprint density at radius 2 is 2.27 bits per heavy atom. The van der Waals surface area contributed by atoms with E-state index in [0.717, 1.165) is 13.3 Å². The first-order chi connectivity index (χ1) is 6.99. The summed E-state index contributed by atoms with van der Waals surface area (Å²) in [5.41, 5.74) is -0.822. The van der Waals surface area contributed by atoms with Gasteiger partial charge in [0.05, 0.1) is 7.11 Å². The maximum Gasteiger partial charge on any atom is 0.376 e. The molecule has 1 aromatic rings. The molecular formula is C7H5BrF2N2O3. The molecule has 0 aliphatic rings. The molecule has 8 heteroatoms. The molecule has 0 N–H and O–H groups in total. The van der Waals surface area contributed by atoms with Gasteiger partial charge in [0.2, 0.25) is 0 Å². The number of nitro groups is 1. The van der Waals surface area contributed by atoms with Crippen molar-refractivity contribution in [1.82, 2.24) is 4.98 Å². The highest BCUT2D eigenvalue weighted by molar-refractivity contribution is 9.10. The first-order valence-corrected chi connectivity index (χ1v) is 4.43. The summed E-state index contributed by atoms with van der Waals surface area (Å²) in [6.45, 7) is 0. The van der Waals surface area contributed by atoms with Crippen molar-refractivity contribution < 1.29 is 18.4 Å². The lowest BCUT2D eigenvalue weighted by Crippen LogP contribution is -2.02. The zero-order valence-electron chi connectivity index (χ0n) is 7.41. The van der Waals surface area contributed by atoms with Gasteiger partial charge in [-0.1, -0.05) is 0 Å². The van der Waals surface area contributed by atoms with Crippen LogP contribution in [0.2, 0.25) is 0 Å². The number of rotatable bonds is 3. The molecule has 0 aliphatic carbocycles. The second-order valence-electron chi connectivity index (χ2n) is 2.43. The van der Waals surface area contributed by atoms with Gasteiger partial charge in [-0.2, -0.15) is 0 Å². The van der Waals surface area contributed by atoms with Crippen LogP contribution in [0.1, 0.15) is 12.0 Å². The Morgan fingerprint density at radius 3 is 2.67 bits per heavy atom. The minimum absolute atomic E-state index is 0.144. The molecule has 0 saturated heterocycles. The third-order valence-corrected chi connectivity index (χ3v) is 2.16. The summed E-state index contributed by atoms with van der Waals surface area (Å²) >= 11 is 2.92. The van der Waals surface area contributed by atoms with Gasteiger partial charge in [-0.25, -0.2) is 8.78 Å². The summed E-state index contributed by atoms with van der Waals surface area (Å²) in [5, 5.41) is 10.4. The quantitative estimate of drug-likeness (QED) is 0.632. The first-order valence-electron chi connectivity index (χ1n) is 3.64. The second kappa shape index (κ2) is 4.47. The Hall–Kier alpha value is -1.31. The number of pyridine rings is 1. The van der Waals surface area contributed by atoms with Crippen molar-refractivity contribution >= 4 is 21.7 Å². The van der Waals surface area contributed by atoms with Crippen molar-refractivity contribution in [2.75, 3.05) is 7.11 Å². The van der Waals surface area contributed by atoms with Crippen LogP contribution in [-0.4, -0.2) is 17.0 Å². The highest BCUT2D eigenvalue weighted by Crippen LogP contribution is 2.39. The SMILES string of the molecule is COc1c(Br)cnc([N+](=O)[O-])c1C(F)F. The minimum Gasteiger partial charge on any atom is -0.495 e. The van der Waals surface area contributed by atoms with Gasteiger partial charge < -0.3 is 14.9 Å². The zero-order valence-corrected chi connectivity index (χ0v) is 8.99. The Labute approximate surface area is 91.3 Å². The lowest BCUT2D eigenvalue weighted by Gasteiger charge is -2.08. The van der Waals surface area contributed by atoms with E-state index in [1.54, 1.807) is 0 Å². The molecule has 0 aliphatic heterocycles. The van der Waals surface area contributed by atoms with Gasteiger partial charge >= 0.3 is 5.82 Å². The normalized spacial score (nSPS) is 10.5. The number of halogens is 3. The van der Waals surface area contributed by atoms with Crippen LogP contribution >= 0.6 is 15.9 Å². The topological polar surface area (TPSA) is 65.3 Å². The van der Waals surface area contributed by atoms with E-state index < -0.39 is 22.7 Å². The molecule has 0 aromatic carbocycles. The van der Waals surface area contributed by atoms with Crippen molar-refractivity contribution in [3.8, 4) is 5.75 Å². The monoisotopic (exact) mass is 282 g/mol. The molecule has 0 radical (unpaired) electrons. The van der Waals surface area contributed by atoms with E-state index in [-0.39, 0.29) is 10.2 Å². The fourth-order valence-corrected chi connectivity index (χ4v) is 1.50. The molecular weight excluding hydrogens is 278 g/mol. The molecule has 0 fully saturated rings. The number of ether oxygens (including phenoxy) is 1. The van der Waals surface area contributed by atoms with Gasteiger partial charge in [-0.3, -0.25) is 0 Å². The van der Waals surface area contributed by atoms with E-state index in [2.05, 4.69) is 25.7 Å². The number of alkyl halides is 2. The molecule has 1 heterocycles. The number of methoxy groups -OCH3 is 1. The average molecular weight is 283 g/mol. The Balaban J connectivity index is 3.49.